The molecule has 7 heteroatoms. The molecule has 0 amide bonds. The zero-order valence-corrected chi connectivity index (χ0v) is 36.9. The van der Waals surface area contributed by atoms with Gasteiger partial charge in [0.2, 0.25) is 6.71 Å². The van der Waals surface area contributed by atoms with E-state index in [2.05, 4.69) is 196 Å². The fourth-order valence-corrected chi connectivity index (χ4v) is 9.20. The molecule has 1 aliphatic heterocycles. The molecule has 0 fully saturated rings. The number of nitrogens with zero attached hydrogens (tertiary/aromatic N) is 4. The Morgan fingerprint density at radius 1 is 0.639 bits per heavy atom. The molecule has 7 aromatic carbocycles. The Bertz CT molecular complexity index is 3300. The summed E-state index contributed by atoms with van der Waals surface area (Å²) in [5.74, 6) is 0.848. The fourth-order valence-electron chi connectivity index (χ4n) is 9.20. The number of hydrogen-bond donors (Lipinski definition) is 0. The molecule has 0 spiro atoms. The Labute approximate surface area is 371 Å². The minimum atomic E-state index is -0.203. The molecule has 4 heterocycles. The molecule has 61 heavy (non-hydrogen) atoms. The third-order valence-electron chi connectivity index (χ3n) is 12.1. The van der Waals surface area contributed by atoms with Gasteiger partial charge in [0.1, 0.15) is 5.58 Å². The molecule has 5 nitrogen and oxygen atoms in total. The summed E-state index contributed by atoms with van der Waals surface area (Å²) in [6.45, 7) is 10.9. The number of furan rings is 1. The largest absolute Gasteiger partial charge is 2.00 e. The summed E-state index contributed by atoms with van der Waals surface area (Å²) in [6.07, 6.45) is 1.92. The normalized spacial score (nSPS) is 12.5. The van der Waals surface area contributed by atoms with Crippen LogP contribution in [0.1, 0.15) is 37.5 Å². The van der Waals surface area contributed by atoms with Gasteiger partial charge in [-0.2, -0.15) is 5.46 Å². The van der Waals surface area contributed by atoms with Crippen molar-refractivity contribution in [2.24, 2.45) is 0 Å². The molecule has 0 aliphatic carbocycles. The molecule has 11 rings (SSSR count). The summed E-state index contributed by atoms with van der Waals surface area (Å²) in [5.41, 5.74) is 17.5. The van der Waals surface area contributed by atoms with Gasteiger partial charge >= 0.3 is 21.1 Å². The zero-order chi connectivity index (χ0) is 40.7. The van der Waals surface area contributed by atoms with Crippen LogP contribution in [0.2, 0.25) is 0 Å². The van der Waals surface area contributed by atoms with Gasteiger partial charge in [0, 0.05) is 28.3 Å². The molecular formula is C54H41BN4OPt. The van der Waals surface area contributed by atoms with Crippen LogP contribution < -0.4 is 21.3 Å². The molecule has 0 bridgehead atoms. The first-order chi connectivity index (χ1) is 29.2. The summed E-state index contributed by atoms with van der Waals surface area (Å²) in [5, 5.41) is 2.18. The van der Waals surface area contributed by atoms with Crippen molar-refractivity contribution < 1.29 is 25.5 Å². The van der Waals surface area contributed by atoms with Gasteiger partial charge in [0.15, 0.2) is 5.58 Å². The third kappa shape index (κ3) is 6.35. The number of imidazole rings is 1. The van der Waals surface area contributed by atoms with Crippen molar-refractivity contribution >= 4 is 73.1 Å². The SMILES string of the molecule is Cc1cccc(C)c1-n1c(-c2[c-]c3c(cc2)N(c2cccc4c2oc2ccccc24)c2ccccc2B3c2[c-]c(-c3cc(C(C)(C)C)ccn3)ccc2)nc2ccccc21.[Pt+2]. The van der Waals surface area contributed by atoms with Crippen LogP contribution in [0.3, 0.4) is 0 Å². The Morgan fingerprint density at radius 3 is 2.21 bits per heavy atom. The Hall–Kier alpha value is -6.49. The zero-order valence-electron chi connectivity index (χ0n) is 34.6. The Balaban J connectivity index is 0.00000445. The topological polar surface area (TPSA) is 47.1 Å². The van der Waals surface area contributed by atoms with E-state index < -0.39 is 0 Å². The number of hydrogen-bond acceptors (Lipinski definition) is 4. The van der Waals surface area contributed by atoms with Gasteiger partial charge in [-0.25, -0.2) is 0 Å². The number of aryl methyl sites for hydroxylation is 2. The maximum absolute atomic E-state index is 6.71. The van der Waals surface area contributed by atoms with E-state index in [9.17, 15) is 0 Å². The van der Waals surface area contributed by atoms with E-state index in [1.807, 2.05) is 18.3 Å². The van der Waals surface area contributed by atoms with E-state index in [1.54, 1.807) is 0 Å². The predicted molar refractivity (Wildman–Crippen MR) is 249 cm³/mol. The van der Waals surface area contributed by atoms with Crippen molar-refractivity contribution in [3.8, 4) is 28.3 Å². The average Bonchev–Trinajstić information content (AvgIpc) is 3.84. The first-order valence-electron chi connectivity index (χ1n) is 20.6. The second kappa shape index (κ2) is 14.9. The minimum absolute atomic E-state index is 0. The molecule has 0 atom stereocenters. The van der Waals surface area contributed by atoms with Crippen molar-refractivity contribution in [2.45, 2.75) is 40.0 Å². The Kier molecular flexibility index (Phi) is 9.45. The van der Waals surface area contributed by atoms with Gasteiger partial charge < -0.3 is 18.9 Å². The molecule has 3 aromatic heterocycles. The Morgan fingerprint density at radius 2 is 1.36 bits per heavy atom. The molecule has 0 saturated carbocycles. The number of aromatic nitrogens is 3. The quantitative estimate of drug-likeness (QED) is 0.127. The number of para-hydroxylation sites is 6. The number of anilines is 3. The van der Waals surface area contributed by atoms with Crippen LogP contribution in [0.5, 0.6) is 0 Å². The van der Waals surface area contributed by atoms with Crippen LogP contribution in [0, 0.1) is 26.0 Å². The summed E-state index contributed by atoms with van der Waals surface area (Å²) in [7, 11) is 0. The maximum Gasteiger partial charge on any atom is 2.00 e. The summed E-state index contributed by atoms with van der Waals surface area (Å²) < 4.78 is 9.03. The molecule has 0 radical (unpaired) electrons. The van der Waals surface area contributed by atoms with E-state index >= 15 is 0 Å². The van der Waals surface area contributed by atoms with Crippen molar-refractivity contribution in [2.75, 3.05) is 4.90 Å². The van der Waals surface area contributed by atoms with E-state index in [4.69, 9.17) is 14.4 Å². The molecule has 10 aromatic rings. The average molecular weight is 968 g/mol. The van der Waals surface area contributed by atoms with Gasteiger partial charge in [-0.3, -0.25) is 4.98 Å². The molecule has 0 saturated heterocycles. The van der Waals surface area contributed by atoms with Crippen LogP contribution in [0.15, 0.2) is 162 Å². The van der Waals surface area contributed by atoms with Crippen LogP contribution in [-0.2, 0) is 26.5 Å². The molecular weight excluding hydrogens is 927 g/mol. The summed E-state index contributed by atoms with van der Waals surface area (Å²) >= 11 is 0. The van der Waals surface area contributed by atoms with E-state index in [0.717, 1.165) is 94.8 Å². The first-order valence-corrected chi connectivity index (χ1v) is 20.6. The second-order valence-corrected chi connectivity index (χ2v) is 16.9. The number of benzene rings is 7. The van der Waals surface area contributed by atoms with E-state index in [-0.39, 0.29) is 33.2 Å². The molecule has 296 valence electrons. The predicted octanol–water partition coefficient (Wildman–Crippen LogP) is 11.5. The standard InChI is InChI=1S/C54H41BN4O.Pt/c1-34-15-12-16-35(2)51(34)59-48-24-10-8-22-44(48)57-53(59)37-27-28-47-43(32-37)55(39-18-13-17-36(31-39)45-33-38(29-30-56-45)54(3,4)5)42-21-7-9-23-46(42)58(47)49-25-14-20-41-40-19-6-11-26-50(40)60-52(41)49;/h6-30,33H,1-5H3;/q-2;+2. The second-order valence-electron chi connectivity index (χ2n) is 16.9. The van der Waals surface area contributed by atoms with Crippen LogP contribution in [0.4, 0.5) is 17.1 Å². The van der Waals surface area contributed by atoms with Crippen LogP contribution in [0.25, 0.3) is 61.3 Å². The monoisotopic (exact) mass is 967 g/mol. The van der Waals surface area contributed by atoms with E-state index in [0.29, 0.717) is 0 Å². The van der Waals surface area contributed by atoms with Gasteiger partial charge in [-0.1, -0.05) is 106 Å². The summed E-state index contributed by atoms with van der Waals surface area (Å²) in [6, 6.07) is 61.5. The number of rotatable bonds is 5. The third-order valence-corrected chi connectivity index (χ3v) is 12.1. The van der Waals surface area contributed by atoms with Crippen molar-refractivity contribution in [3.05, 3.63) is 187 Å². The number of fused-ring (bicyclic) bond motifs is 6. The molecule has 1 aliphatic rings. The van der Waals surface area contributed by atoms with Crippen LogP contribution in [-0.4, -0.2) is 21.2 Å². The summed E-state index contributed by atoms with van der Waals surface area (Å²) in [4.78, 5) is 12.6. The minimum Gasteiger partial charge on any atom is -0.454 e. The van der Waals surface area contributed by atoms with Gasteiger partial charge in [-0.05, 0) is 89.2 Å². The first kappa shape index (κ1) is 38.7. The van der Waals surface area contributed by atoms with Crippen molar-refractivity contribution in [1.82, 2.24) is 14.5 Å². The molecule has 0 N–H and O–H groups in total. The van der Waals surface area contributed by atoms with Gasteiger partial charge in [0.05, 0.1) is 22.5 Å². The molecule has 0 unspecified atom stereocenters. The van der Waals surface area contributed by atoms with Gasteiger partial charge in [0.25, 0.3) is 0 Å². The van der Waals surface area contributed by atoms with E-state index in [1.165, 1.54) is 16.7 Å². The maximum atomic E-state index is 6.71. The van der Waals surface area contributed by atoms with Crippen molar-refractivity contribution in [1.29, 1.82) is 0 Å². The smallest absolute Gasteiger partial charge is 0.454 e. The fraction of sp³-hybridized carbons (Fsp3) is 0.111. The number of pyridine rings is 1. The van der Waals surface area contributed by atoms with Crippen LogP contribution >= 0.6 is 0 Å². The van der Waals surface area contributed by atoms with Gasteiger partial charge in [-0.15, -0.1) is 59.1 Å². The van der Waals surface area contributed by atoms with Crippen molar-refractivity contribution in [3.63, 3.8) is 0 Å².